The monoisotopic (exact) mass is 478 g/mol. The molecule has 0 bridgehead atoms. The fourth-order valence-corrected chi connectivity index (χ4v) is 3.57. The summed E-state index contributed by atoms with van der Waals surface area (Å²) in [4.78, 5) is 12.9. The quantitative estimate of drug-likeness (QED) is 0.522. The van der Waals surface area contributed by atoms with E-state index in [1.165, 1.54) is 12.1 Å². The Morgan fingerprint density at radius 2 is 2.06 bits per heavy atom. The second-order valence-corrected chi connectivity index (χ2v) is 7.28. The molecule has 0 radical (unpaired) electrons. The number of carbonyl (C=O) groups is 1. The molecule has 3 aromatic rings. The fraction of sp³-hybridized carbons (Fsp3) is 0.304. The van der Waals surface area contributed by atoms with E-state index >= 15 is 0 Å². The minimum Gasteiger partial charge on any atom is -0.435 e. The highest BCUT2D eigenvalue weighted by atomic mass is 35.5. The van der Waals surface area contributed by atoms with Crippen LogP contribution in [0.5, 0.6) is 5.75 Å². The van der Waals surface area contributed by atoms with Gasteiger partial charge in [0.15, 0.2) is 0 Å². The van der Waals surface area contributed by atoms with Gasteiger partial charge < -0.3 is 20.1 Å². The van der Waals surface area contributed by atoms with Gasteiger partial charge in [-0.2, -0.15) is 13.9 Å². The molecule has 1 atom stereocenters. The van der Waals surface area contributed by atoms with E-state index in [4.69, 9.17) is 4.74 Å². The summed E-state index contributed by atoms with van der Waals surface area (Å²) in [6.07, 6.45) is 0.00222. The van der Waals surface area contributed by atoms with E-state index in [2.05, 4.69) is 20.5 Å². The molecule has 10 heteroatoms. The minimum absolute atomic E-state index is 0. The molecule has 1 aliphatic rings. The highest BCUT2D eigenvalue weighted by Crippen LogP contribution is 2.26. The Morgan fingerprint density at radius 3 is 2.73 bits per heavy atom. The van der Waals surface area contributed by atoms with Gasteiger partial charge in [-0.15, -0.1) is 12.4 Å². The van der Waals surface area contributed by atoms with Crippen molar-refractivity contribution in [3.05, 3.63) is 65.9 Å². The summed E-state index contributed by atoms with van der Waals surface area (Å²) >= 11 is 0. The number of aryl methyl sites for hydroxylation is 1. The average molecular weight is 479 g/mol. The second kappa shape index (κ2) is 11.2. The number of rotatable bonds is 7. The van der Waals surface area contributed by atoms with Gasteiger partial charge in [0, 0.05) is 30.9 Å². The third-order valence-electron chi connectivity index (χ3n) is 5.14. The smallest absolute Gasteiger partial charge is 0.387 e. The molecule has 0 spiro atoms. The summed E-state index contributed by atoms with van der Waals surface area (Å²) < 4.78 is 36.8. The molecule has 0 unspecified atom stereocenters. The first-order valence-electron chi connectivity index (χ1n) is 10.4. The Labute approximate surface area is 196 Å². The van der Waals surface area contributed by atoms with E-state index in [1.807, 2.05) is 31.2 Å². The van der Waals surface area contributed by atoms with E-state index in [0.717, 1.165) is 18.7 Å². The van der Waals surface area contributed by atoms with Crippen LogP contribution in [0.15, 0.2) is 54.6 Å². The van der Waals surface area contributed by atoms with Crippen LogP contribution in [0.3, 0.4) is 0 Å². The predicted octanol–water partition coefficient (Wildman–Crippen LogP) is 4.51. The molecule has 0 saturated carbocycles. The van der Waals surface area contributed by atoms with Gasteiger partial charge in [0.2, 0.25) is 0 Å². The molecule has 176 valence electrons. The number of nitrogens with zero attached hydrogens (tertiary/aromatic N) is 2. The summed E-state index contributed by atoms with van der Waals surface area (Å²) in [5.41, 5.74) is 3.14. The zero-order valence-corrected chi connectivity index (χ0v) is 18.8. The lowest BCUT2D eigenvalue weighted by atomic mass is 10.1. The minimum atomic E-state index is -2.91. The lowest BCUT2D eigenvalue weighted by molar-refractivity contribution is -0.0498. The van der Waals surface area contributed by atoms with E-state index in [1.54, 1.807) is 22.9 Å². The van der Waals surface area contributed by atoms with Crippen molar-refractivity contribution in [2.45, 2.75) is 26.2 Å². The molecule has 0 aliphatic carbocycles. The van der Waals surface area contributed by atoms with Crippen LogP contribution in [0.2, 0.25) is 0 Å². The van der Waals surface area contributed by atoms with E-state index < -0.39 is 6.61 Å². The van der Waals surface area contributed by atoms with Crippen molar-refractivity contribution >= 4 is 24.0 Å². The standard InChI is InChI=1S/C23H24F2N4O3.ClH/c1-2-29-20(13-19(28-29)16-4-3-5-18(12-16)32-23(24)25)22(30)27-17-8-6-15(7-9-17)21-14-26-10-11-31-21;/h3-9,12-13,21,23,26H,2,10-11,14H2,1H3,(H,27,30);1H/t21-;/m1./s1. The first-order chi connectivity index (χ1) is 15.5. The maximum Gasteiger partial charge on any atom is 0.387 e. The van der Waals surface area contributed by atoms with Gasteiger partial charge in [-0.25, -0.2) is 0 Å². The zero-order chi connectivity index (χ0) is 22.5. The van der Waals surface area contributed by atoms with Crippen LogP contribution in [0.1, 0.15) is 29.1 Å². The van der Waals surface area contributed by atoms with Crippen LogP contribution in [-0.2, 0) is 11.3 Å². The molecule has 33 heavy (non-hydrogen) atoms. The van der Waals surface area contributed by atoms with Crippen LogP contribution in [0, 0.1) is 0 Å². The average Bonchev–Trinajstić information content (AvgIpc) is 3.25. The molecule has 2 heterocycles. The third-order valence-corrected chi connectivity index (χ3v) is 5.14. The molecule has 1 fully saturated rings. The van der Waals surface area contributed by atoms with Crippen LogP contribution in [0.25, 0.3) is 11.3 Å². The second-order valence-electron chi connectivity index (χ2n) is 7.28. The number of alkyl halides is 2. The molecule has 2 N–H and O–H groups in total. The van der Waals surface area contributed by atoms with Crippen LogP contribution in [0.4, 0.5) is 14.5 Å². The number of ether oxygens (including phenoxy) is 2. The Hall–Kier alpha value is -3.01. The van der Waals surface area contributed by atoms with E-state index in [-0.39, 0.29) is 30.2 Å². The maximum atomic E-state index is 12.9. The normalized spacial score (nSPS) is 15.7. The van der Waals surface area contributed by atoms with Crippen LogP contribution >= 0.6 is 12.4 Å². The lowest BCUT2D eigenvalue weighted by Gasteiger charge is -2.24. The number of aromatic nitrogens is 2. The highest BCUT2D eigenvalue weighted by molar-refractivity contribution is 6.03. The van der Waals surface area contributed by atoms with Crippen molar-refractivity contribution < 1.29 is 23.0 Å². The molecular weight excluding hydrogens is 454 g/mol. The Bertz CT molecular complexity index is 1070. The van der Waals surface area contributed by atoms with Gasteiger partial charge in [-0.05, 0) is 42.8 Å². The fourth-order valence-electron chi connectivity index (χ4n) is 3.57. The number of anilines is 1. The Balaban J connectivity index is 0.00000306. The van der Waals surface area contributed by atoms with E-state index in [0.29, 0.717) is 35.8 Å². The molecule has 1 aromatic heterocycles. The number of halogens is 3. The molecule has 1 amide bonds. The molecule has 1 saturated heterocycles. The Kier molecular flexibility index (Phi) is 8.37. The van der Waals surface area contributed by atoms with Gasteiger partial charge in [0.05, 0.1) is 18.4 Å². The van der Waals surface area contributed by atoms with Crippen molar-refractivity contribution in [1.29, 1.82) is 0 Å². The molecule has 4 rings (SSSR count). The molecular formula is C23H25ClF2N4O3. The topological polar surface area (TPSA) is 77.4 Å². The summed E-state index contributed by atoms with van der Waals surface area (Å²) in [6.45, 7) is 1.71. The van der Waals surface area contributed by atoms with Crippen molar-refractivity contribution in [2.24, 2.45) is 0 Å². The van der Waals surface area contributed by atoms with Gasteiger partial charge in [0.1, 0.15) is 11.4 Å². The van der Waals surface area contributed by atoms with Crippen molar-refractivity contribution in [3.8, 4) is 17.0 Å². The third kappa shape index (κ3) is 6.07. The predicted molar refractivity (Wildman–Crippen MR) is 123 cm³/mol. The van der Waals surface area contributed by atoms with Gasteiger partial charge in [0.25, 0.3) is 5.91 Å². The number of benzene rings is 2. The largest absolute Gasteiger partial charge is 0.435 e. The number of amides is 1. The van der Waals surface area contributed by atoms with Gasteiger partial charge >= 0.3 is 6.61 Å². The lowest BCUT2D eigenvalue weighted by Crippen LogP contribution is -2.33. The Morgan fingerprint density at radius 1 is 1.27 bits per heavy atom. The number of morpholine rings is 1. The number of carbonyl (C=O) groups excluding carboxylic acids is 1. The molecule has 1 aliphatic heterocycles. The van der Waals surface area contributed by atoms with Crippen LogP contribution < -0.4 is 15.4 Å². The summed E-state index contributed by atoms with van der Waals surface area (Å²) in [6, 6.07) is 15.4. The first kappa shape index (κ1) is 24.6. The zero-order valence-electron chi connectivity index (χ0n) is 18.0. The van der Waals surface area contributed by atoms with Crippen molar-refractivity contribution in [3.63, 3.8) is 0 Å². The van der Waals surface area contributed by atoms with E-state index in [9.17, 15) is 13.6 Å². The summed E-state index contributed by atoms with van der Waals surface area (Å²) in [7, 11) is 0. The molecule has 7 nitrogen and oxygen atoms in total. The summed E-state index contributed by atoms with van der Waals surface area (Å²) in [5, 5.41) is 10.6. The first-order valence-corrected chi connectivity index (χ1v) is 10.4. The maximum absolute atomic E-state index is 12.9. The van der Waals surface area contributed by atoms with Crippen LogP contribution in [-0.4, -0.2) is 42.0 Å². The summed E-state index contributed by atoms with van der Waals surface area (Å²) in [5.74, 6) is -0.277. The number of hydrogen-bond donors (Lipinski definition) is 2. The van der Waals surface area contributed by atoms with Gasteiger partial charge in [-0.3, -0.25) is 9.48 Å². The van der Waals surface area contributed by atoms with Crippen molar-refractivity contribution in [2.75, 3.05) is 25.0 Å². The number of hydrogen-bond acceptors (Lipinski definition) is 5. The van der Waals surface area contributed by atoms with Crippen molar-refractivity contribution in [1.82, 2.24) is 15.1 Å². The highest BCUT2D eigenvalue weighted by Gasteiger charge is 2.18. The number of nitrogens with one attached hydrogen (secondary N) is 2. The SMILES string of the molecule is CCn1nc(-c2cccc(OC(F)F)c2)cc1C(=O)Nc1ccc([C@H]2CNCCO2)cc1.Cl. The van der Waals surface area contributed by atoms with Gasteiger partial charge in [-0.1, -0.05) is 24.3 Å². The molecule has 2 aromatic carbocycles.